The van der Waals surface area contributed by atoms with Gasteiger partial charge in [-0.25, -0.2) is 0 Å². The minimum absolute atomic E-state index is 1.21. The number of hydrogen-bond acceptors (Lipinski definition) is 0. The molecule has 0 nitrogen and oxygen atoms in total. The molecule has 0 aliphatic carbocycles. The molecule has 0 aliphatic heterocycles. The van der Waals surface area contributed by atoms with Crippen LogP contribution < -0.4 is 0 Å². The average molecular weight is 217 g/mol. The zero-order chi connectivity index (χ0) is 12.0. The molecule has 0 heteroatoms. The second kappa shape index (κ2) is 6.73. The van der Waals surface area contributed by atoms with E-state index in [0.717, 1.165) is 0 Å². The van der Waals surface area contributed by atoms with Gasteiger partial charge in [0.25, 0.3) is 0 Å². The van der Waals surface area contributed by atoms with Crippen molar-refractivity contribution < 1.29 is 0 Å². The molecule has 1 aromatic rings. The normalized spacial score (nSPS) is 11.1. The van der Waals surface area contributed by atoms with Crippen molar-refractivity contribution in [1.82, 2.24) is 0 Å². The molecule has 16 heavy (non-hydrogen) atoms. The number of aryl methyl sites for hydroxylation is 2. The van der Waals surface area contributed by atoms with Gasteiger partial charge in [-0.15, -0.1) is 0 Å². The Morgan fingerprint density at radius 3 is 2.00 bits per heavy atom. The zero-order valence-electron chi connectivity index (χ0n) is 11.3. The number of benzene rings is 1. The Bertz CT molecular complexity index is 310. The third kappa shape index (κ3) is 4.00. The monoisotopic (exact) mass is 217 g/mol. The van der Waals surface area contributed by atoms with Gasteiger partial charge in [0.15, 0.2) is 0 Å². The highest BCUT2D eigenvalue weighted by molar-refractivity contribution is 5.37. The first-order valence-electron chi connectivity index (χ1n) is 6.60. The van der Waals surface area contributed by atoms with Crippen molar-refractivity contribution in [1.29, 1.82) is 0 Å². The molecule has 0 aromatic heterocycles. The summed E-state index contributed by atoms with van der Waals surface area (Å²) in [4.78, 5) is 0. The van der Waals surface area contributed by atoms with Crippen molar-refractivity contribution in [3.05, 3.63) is 40.8 Å². The van der Waals surface area contributed by atoms with Crippen LogP contribution in [0.4, 0.5) is 0 Å². The van der Waals surface area contributed by atoms with Crippen LogP contribution in [0.5, 0.6) is 0 Å². The predicted octanol–water partition coefficient (Wildman–Crippen LogP) is 4.94. The quantitative estimate of drug-likeness (QED) is 0.633. The topological polar surface area (TPSA) is 0 Å². The van der Waals surface area contributed by atoms with Crippen LogP contribution in [0.2, 0.25) is 0 Å². The van der Waals surface area contributed by atoms with Crippen LogP contribution >= 0.6 is 0 Å². The fourth-order valence-corrected chi connectivity index (χ4v) is 2.01. The van der Waals surface area contributed by atoms with Crippen molar-refractivity contribution in [2.45, 2.75) is 59.8 Å². The zero-order valence-corrected chi connectivity index (χ0v) is 11.3. The van der Waals surface area contributed by atoms with Crippen LogP contribution in [-0.2, 0) is 12.8 Å². The summed E-state index contributed by atoms with van der Waals surface area (Å²) in [6.45, 7) is 8.91. The molecule has 0 heterocycles. The van der Waals surface area contributed by atoms with E-state index >= 15 is 0 Å². The molecule has 0 unspecified atom stereocenters. The van der Waals surface area contributed by atoms with Gasteiger partial charge in [0.2, 0.25) is 0 Å². The Hall–Kier alpha value is -0.780. The van der Waals surface area contributed by atoms with E-state index in [4.69, 9.17) is 0 Å². The molecule has 1 radical (unpaired) electrons. The van der Waals surface area contributed by atoms with Gasteiger partial charge < -0.3 is 0 Å². The van der Waals surface area contributed by atoms with Gasteiger partial charge in [-0.05, 0) is 41.9 Å². The summed E-state index contributed by atoms with van der Waals surface area (Å²) in [6.07, 6.45) is 6.26. The van der Waals surface area contributed by atoms with E-state index in [1.54, 1.807) is 0 Å². The lowest BCUT2D eigenvalue weighted by Crippen LogP contribution is -1.96. The summed E-state index contributed by atoms with van der Waals surface area (Å²) in [7, 11) is 0. The highest BCUT2D eigenvalue weighted by Gasteiger charge is 2.04. The molecule has 1 aromatic carbocycles. The maximum Gasteiger partial charge on any atom is -0.00118 e. The van der Waals surface area contributed by atoms with E-state index in [2.05, 4.69) is 45.9 Å². The lowest BCUT2D eigenvalue weighted by molar-refractivity contribution is 0.791. The first kappa shape index (κ1) is 13.3. The van der Waals surface area contributed by atoms with Crippen molar-refractivity contribution in [2.75, 3.05) is 0 Å². The van der Waals surface area contributed by atoms with Gasteiger partial charge >= 0.3 is 0 Å². The first-order valence-corrected chi connectivity index (χ1v) is 6.60. The van der Waals surface area contributed by atoms with E-state index in [1.165, 1.54) is 54.7 Å². The van der Waals surface area contributed by atoms with Gasteiger partial charge in [0.05, 0.1) is 0 Å². The van der Waals surface area contributed by atoms with Crippen LogP contribution in [0.1, 0.15) is 63.6 Å². The molecule has 89 valence electrons. The van der Waals surface area contributed by atoms with Crippen molar-refractivity contribution >= 4 is 0 Å². The lowest BCUT2D eigenvalue weighted by Gasteiger charge is -2.11. The average Bonchev–Trinajstić information content (AvgIpc) is 2.26. The van der Waals surface area contributed by atoms with E-state index in [9.17, 15) is 0 Å². The molecule has 0 fully saturated rings. The fraction of sp³-hybridized carbons (Fsp3) is 0.562. The Morgan fingerprint density at radius 1 is 0.875 bits per heavy atom. The molecule has 0 aliphatic rings. The second-order valence-electron chi connectivity index (χ2n) is 4.89. The maximum atomic E-state index is 2.39. The molecule has 0 atom stereocenters. The second-order valence-corrected chi connectivity index (χ2v) is 4.89. The number of unbranched alkanes of at least 4 members (excludes halogenated alkanes) is 1. The lowest BCUT2D eigenvalue weighted by atomic mass is 9.94. The van der Waals surface area contributed by atoms with Gasteiger partial charge in [-0.1, -0.05) is 58.7 Å². The minimum Gasteiger partial charge on any atom is -0.0654 e. The third-order valence-corrected chi connectivity index (χ3v) is 2.99. The fourth-order valence-electron chi connectivity index (χ4n) is 2.01. The van der Waals surface area contributed by atoms with Crippen molar-refractivity contribution in [3.63, 3.8) is 0 Å². The van der Waals surface area contributed by atoms with E-state index in [0.29, 0.717) is 0 Å². The molecule has 0 N–H and O–H groups in total. The van der Waals surface area contributed by atoms with Crippen LogP contribution in [0.25, 0.3) is 0 Å². The summed E-state index contributed by atoms with van der Waals surface area (Å²) in [6, 6.07) is 7.12. The molecule has 0 amide bonds. The SMILES string of the molecule is CCCCc1cc(CCC)cc([C](C)C)c1. The van der Waals surface area contributed by atoms with E-state index < -0.39 is 0 Å². The van der Waals surface area contributed by atoms with Crippen molar-refractivity contribution in [2.24, 2.45) is 0 Å². The Labute approximate surface area is 101 Å². The van der Waals surface area contributed by atoms with Crippen LogP contribution in [-0.4, -0.2) is 0 Å². The maximum absolute atomic E-state index is 2.39. The molecule has 0 spiro atoms. The largest absolute Gasteiger partial charge is 0.0654 e. The summed E-state index contributed by atoms with van der Waals surface area (Å²) in [5, 5.41) is 0. The highest BCUT2D eigenvalue weighted by Crippen LogP contribution is 2.20. The van der Waals surface area contributed by atoms with Gasteiger partial charge in [0, 0.05) is 0 Å². The molecular weight excluding hydrogens is 192 g/mol. The molecule has 0 bridgehead atoms. The van der Waals surface area contributed by atoms with Crippen LogP contribution in [0, 0.1) is 5.92 Å². The molecule has 1 rings (SSSR count). The van der Waals surface area contributed by atoms with Crippen LogP contribution in [0.15, 0.2) is 18.2 Å². The van der Waals surface area contributed by atoms with E-state index in [-0.39, 0.29) is 0 Å². The molecule has 0 saturated heterocycles. The number of rotatable bonds is 6. The summed E-state index contributed by atoms with van der Waals surface area (Å²) >= 11 is 0. The first-order chi connectivity index (χ1) is 7.67. The summed E-state index contributed by atoms with van der Waals surface area (Å²) in [5.41, 5.74) is 4.45. The minimum atomic E-state index is 1.21. The molecular formula is C16H25. The van der Waals surface area contributed by atoms with Crippen molar-refractivity contribution in [3.8, 4) is 0 Å². The molecule has 0 saturated carbocycles. The Morgan fingerprint density at radius 2 is 1.50 bits per heavy atom. The third-order valence-electron chi connectivity index (χ3n) is 2.99. The predicted molar refractivity (Wildman–Crippen MR) is 72.7 cm³/mol. The van der Waals surface area contributed by atoms with Gasteiger partial charge in [-0.3, -0.25) is 0 Å². The Kier molecular flexibility index (Phi) is 5.59. The summed E-state index contributed by atoms with van der Waals surface area (Å²) in [5.74, 6) is 1.43. The van der Waals surface area contributed by atoms with Crippen LogP contribution in [0.3, 0.4) is 0 Å². The van der Waals surface area contributed by atoms with E-state index in [1.807, 2.05) is 0 Å². The Balaban J connectivity index is 2.89. The highest BCUT2D eigenvalue weighted by atomic mass is 14.1. The van der Waals surface area contributed by atoms with Gasteiger partial charge in [0.1, 0.15) is 0 Å². The standard InChI is InChI=1S/C16H25/c1-5-7-9-15-10-14(8-6-2)11-16(12-15)13(3)4/h10-12H,5-9H2,1-4H3. The summed E-state index contributed by atoms with van der Waals surface area (Å²) < 4.78 is 0. The van der Waals surface area contributed by atoms with Gasteiger partial charge in [-0.2, -0.15) is 0 Å². The number of hydrogen-bond donors (Lipinski definition) is 0. The smallest absolute Gasteiger partial charge is 0.00118 e.